The number of likely N-dealkylation sites (tertiary alicyclic amines) is 1. The van der Waals surface area contributed by atoms with Gasteiger partial charge in [-0.25, -0.2) is 0 Å². The first-order chi connectivity index (χ1) is 9.97. The third-order valence-corrected chi connectivity index (χ3v) is 4.86. The van der Waals surface area contributed by atoms with Gasteiger partial charge in [0, 0.05) is 23.7 Å². The first kappa shape index (κ1) is 14.4. The Bertz CT molecular complexity index is 597. The van der Waals surface area contributed by atoms with Crippen LogP contribution in [0.1, 0.15) is 28.8 Å². The molecule has 1 heterocycles. The minimum absolute atomic E-state index is 0.103. The highest BCUT2D eigenvalue weighted by molar-refractivity contribution is 6.31. The van der Waals surface area contributed by atoms with Gasteiger partial charge in [0.2, 0.25) is 0 Å². The normalized spacial score (nSPS) is 25.1. The summed E-state index contributed by atoms with van der Waals surface area (Å²) in [5.41, 5.74) is 1.44. The zero-order valence-electron chi connectivity index (χ0n) is 11.9. The van der Waals surface area contributed by atoms with E-state index in [2.05, 4.69) is 0 Å². The Morgan fingerprint density at radius 3 is 2.62 bits per heavy atom. The molecule has 112 valence electrons. The van der Waals surface area contributed by atoms with Crippen LogP contribution in [0.15, 0.2) is 18.2 Å². The summed E-state index contributed by atoms with van der Waals surface area (Å²) < 4.78 is 0. The lowest BCUT2D eigenvalue weighted by molar-refractivity contribution is -0.142. The number of halogens is 1. The van der Waals surface area contributed by atoms with Crippen LogP contribution >= 0.6 is 11.6 Å². The molecule has 2 fully saturated rings. The van der Waals surface area contributed by atoms with Crippen molar-refractivity contribution in [2.45, 2.75) is 19.8 Å². The molecule has 1 saturated carbocycles. The number of nitrogens with zero attached hydrogens (tertiary/aromatic N) is 1. The predicted molar refractivity (Wildman–Crippen MR) is 79.4 cm³/mol. The summed E-state index contributed by atoms with van der Waals surface area (Å²) in [6.07, 6.45) is 2.18. The van der Waals surface area contributed by atoms with Gasteiger partial charge in [-0.2, -0.15) is 0 Å². The van der Waals surface area contributed by atoms with Crippen molar-refractivity contribution in [2.24, 2.45) is 17.8 Å². The van der Waals surface area contributed by atoms with Gasteiger partial charge in [0.05, 0.1) is 5.92 Å². The summed E-state index contributed by atoms with van der Waals surface area (Å²) in [5.74, 6) is -0.745. The highest BCUT2D eigenvalue weighted by Gasteiger charge is 2.47. The van der Waals surface area contributed by atoms with E-state index in [0.29, 0.717) is 29.6 Å². The lowest BCUT2D eigenvalue weighted by Gasteiger charge is -2.17. The van der Waals surface area contributed by atoms with Crippen LogP contribution < -0.4 is 0 Å². The van der Waals surface area contributed by atoms with Crippen LogP contribution in [0.3, 0.4) is 0 Å². The molecule has 1 aliphatic heterocycles. The van der Waals surface area contributed by atoms with Gasteiger partial charge >= 0.3 is 5.97 Å². The minimum atomic E-state index is -0.787. The van der Waals surface area contributed by atoms with Crippen molar-refractivity contribution in [2.75, 3.05) is 13.1 Å². The Labute approximate surface area is 128 Å². The molecule has 0 radical (unpaired) electrons. The average Bonchev–Trinajstić information content (AvgIpc) is 3.19. The molecule has 21 heavy (non-hydrogen) atoms. The molecule has 0 spiro atoms. The Balaban J connectivity index is 1.82. The van der Waals surface area contributed by atoms with Gasteiger partial charge < -0.3 is 10.0 Å². The van der Waals surface area contributed by atoms with Crippen LogP contribution in [-0.2, 0) is 4.79 Å². The Morgan fingerprint density at radius 2 is 2.00 bits per heavy atom. The Kier molecular flexibility index (Phi) is 3.66. The molecule has 0 unspecified atom stereocenters. The lowest BCUT2D eigenvalue weighted by atomic mass is 9.92. The second kappa shape index (κ2) is 5.34. The molecule has 2 aliphatic rings. The van der Waals surface area contributed by atoms with Crippen molar-refractivity contribution < 1.29 is 14.7 Å². The molecular formula is C16H18ClNO3. The smallest absolute Gasteiger partial charge is 0.308 e. The second-order valence-electron chi connectivity index (χ2n) is 6.12. The van der Waals surface area contributed by atoms with Crippen molar-refractivity contribution in [1.82, 2.24) is 4.90 Å². The Morgan fingerprint density at radius 1 is 1.29 bits per heavy atom. The van der Waals surface area contributed by atoms with E-state index in [1.165, 1.54) is 0 Å². The number of amides is 1. The van der Waals surface area contributed by atoms with Gasteiger partial charge in [0.1, 0.15) is 0 Å². The van der Waals surface area contributed by atoms with Crippen molar-refractivity contribution >= 4 is 23.5 Å². The summed E-state index contributed by atoms with van der Waals surface area (Å²) in [7, 11) is 0. The number of hydrogen-bond acceptors (Lipinski definition) is 2. The van der Waals surface area contributed by atoms with Crippen molar-refractivity contribution in [3.63, 3.8) is 0 Å². The SMILES string of the molecule is Cc1ccc(Cl)cc1C(=O)N1C[C@@H](C(=O)O)[C@H](C2CC2)C1. The number of hydrogen-bond donors (Lipinski definition) is 1. The van der Waals surface area contributed by atoms with Crippen LogP contribution in [0.5, 0.6) is 0 Å². The molecule has 1 saturated heterocycles. The number of benzene rings is 1. The predicted octanol–water partition coefficient (Wildman–Crippen LogP) is 2.83. The number of aliphatic carboxylic acids is 1. The van der Waals surface area contributed by atoms with E-state index in [-0.39, 0.29) is 11.8 Å². The van der Waals surface area contributed by atoms with Crippen LogP contribution in [-0.4, -0.2) is 35.0 Å². The largest absolute Gasteiger partial charge is 0.481 e. The second-order valence-corrected chi connectivity index (χ2v) is 6.55. The van der Waals surface area contributed by atoms with Gasteiger partial charge in [-0.1, -0.05) is 17.7 Å². The number of carboxylic acid groups (broad SMARTS) is 1. The molecule has 5 heteroatoms. The van der Waals surface area contributed by atoms with Crippen molar-refractivity contribution in [3.8, 4) is 0 Å². The van der Waals surface area contributed by atoms with E-state index in [1.54, 1.807) is 17.0 Å². The summed E-state index contributed by atoms with van der Waals surface area (Å²) in [6, 6.07) is 5.24. The first-order valence-electron chi connectivity index (χ1n) is 7.25. The highest BCUT2D eigenvalue weighted by atomic mass is 35.5. The van der Waals surface area contributed by atoms with Crippen LogP contribution in [0.2, 0.25) is 5.02 Å². The third-order valence-electron chi connectivity index (χ3n) is 4.63. The van der Waals surface area contributed by atoms with Gasteiger partial charge in [-0.3, -0.25) is 9.59 Å². The fraction of sp³-hybridized carbons (Fsp3) is 0.500. The molecule has 1 N–H and O–H groups in total. The van der Waals surface area contributed by atoms with Gasteiger partial charge in [0.15, 0.2) is 0 Å². The number of rotatable bonds is 3. The quantitative estimate of drug-likeness (QED) is 0.934. The monoisotopic (exact) mass is 307 g/mol. The van der Waals surface area contributed by atoms with Crippen LogP contribution in [0, 0.1) is 24.7 Å². The van der Waals surface area contributed by atoms with E-state index in [4.69, 9.17) is 11.6 Å². The third kappa shape index (κ3) is 2.77. The molecule has 1 aromatic rings. The van der Waals surface area contributed by atoms with Crippen molar-refractivity contribution in [3.05, 3.63) is 34.3 Å². The molecule has 4 nitrogen and oxygen atoms in total. The number of aryl methyl sites for hydroxylation is 1. The number of carbonyl (C=O) groups excluding carboxylic acids is 1. The topological polar surface area (TPSA) is 57.6 Å². The lowest BCUT2D eigenvalue weighted by Crippen LogP contribution is -2.30. The maximum atomic E-state index is 12.7. The summed E-state index contributed by atoms with van der Waals surface area (Å²) >= 11 is 5.97. The van der Waals surface area contributed by atoms with E-state index < -0.39 is 11.9 Å². The minimum Gasteiger partial charge on any atom is -0.481 e. The van der Waals surface area contributed by atoms with Gasteiger partial charge in [0.25, 0.3) is 5.91 Å². The van der Waals surface area contributed by atoms with Gasteiger partial charge in [-0.15, -0.1) is 0 Å². The molecule has 2 atom stereocenters. The first-order valence-corrected chi connectivity index (χ1v) is 7.63. The molecule has 1 aliphatic carbocycles. The molecule has 1 aromatic carbocycles. The summed E-state index contributed by atoms with van der Waals surface area (Å²) in [5, 5.41) is 9.89. The van der Waals surface area contributed by atoms with Crippen LogP contribution in [0.4, 0.5) is 0 Å². The average molecular weight is 308 g/mol. The fourth-order valence-electron chi connectivity index (χ4n) is 3.25. The molecular weight excluding hydrogens is 290 g/mol. The molecule has 0 aromatic heterocycles. The zero-order valence-corrected chi connectivity index (χ0v) is 12.6. The molecule has 3 rings (SSSR count). The zero-order chi connectivity index (χ0) is 15.1. The molecule has 1 amide bonds. The van der Waals surface area contributed by atoms with Gasteiger partial charge in [-0.05, 0) is 49.3 Å². The number of carbonyl (C=O) groups is 2. The van der Waals surface area contributed by atoms with Crippen LogP contribution in [0.25, 0.3) is 0 Å². The maximum Gasteiger partial charge on any atom is 0.308 e. The highest BCUT2D eigenvalue weighted by Crippen LogP contribution is 2.44. The van der Waals surface area contributed by atoms with E-state index in [0.717, 1.165) is 18.4 Å². The Hall–Kier alpha value is -1.55. The summed E-state index contributed by atoms with van der Waals surface area (Å²) in [4.78, 5) is 25.7. The van der Waals surface area contributed by atoms with E-state index in [1.807, 2.05) is 13.0 Å². The molecule has 0 bridgehead atoms. The fourth-order valence-corrected chi connectivity index (χ4v) is 3.43. The standard InChI is InChI=1S/C16H18ClNO3/c1-9-2-5-11(17)6-12(9)15(19)18-7-13(10-3-4-10)14(8-18)16(20)21/h2,5-6,10,13-14H,3-4,7-8H2,1H3,(H,20,21)/t13-,14+/m0/s1. The summed E-state index contributed by atoms with van der Waals surface area (Å²) in [6.45, 7) is 2.72. The van der Waals surface area contributed by atoms with Crippen molar-refractivity contribution in [1.29, 1.82) is 0 Å². The maximum absolute atomic E-state index is 12.7. The number of carboxylic acids is 1. The van der Waals surface area contributed by atoms with E-state index in [9.17, 15) is 14.7 Å². The van der Waals surface area contributed by atoms with E-state index >= 15 is 0 Å².